The molecular formula is C20H21Cl2N3O2S. The average molecular weight is 438 g/mol. The van der Waals surface area contributed by atoms with Gasteiger partial charge in [0, 0.05) is 30.0 Å². The molecule has 148 valence electrons. The Morgan fingerprint density at radius 2 is 1.68 bits per heavy atom. The molecule has 0 aromatic heterocycles. The minimum absolute atomic E-state index is 0.193. The van der Waals surface area contributed by atoms with Crippen LogP contribution in [-0.4, -0.2) is 31.2 Å². The summed E-state index contributed by atoms with van der Waals surface area (Å²) in [6.45, 7) is 2.18. The van der Waals surface area contributed by atoms with E-state index in [1.54, 1.807) is 0 Å². The average Bonchev–Trinajstić information content (AvgIpc) is 2.69. The zero-order chi connectivity index (χ0) is 20.1. The lowest BCUT2D eigenvalue weighted by Crippen LogP contribution is -2.34. The molecule has 1 saturated heterocycles. The molecule has 0 bridgehead atoms. The third-order valence-corrected chi connectivity index (χ3v) is 5.30. The van der Waals surface area contributed by atoms with Crippen molar-refractivity contribution in [2.75, 3.05) is 30.4 Å². The molecule has 2 aromatic rings. The SMILES string of the molecule is COc1c(Cl)cc(C(=O)NC(=S)Nc2ccc(N3CCCCC3)cc2)cc1Cl. The highest BCUT2D eigenvalue weighted by Gasteiger charge is 2.15. The number of hydrogen-bond donors (Lipinski definition) is 2. The van der Waals surface area contributed by atoms with E-state index < -0.39 is 5.91 Å². The number of rotatable bonds is 4. The highest BCUT2D eigenvalue weighted by atomic mass is 35.5. The molecule has 0 saturated carbocycles. The zero-order valence-electron chi connectivity index (χ0n) is 15.4. The van der Waals surface area contributed by atoms with E-state index in [4.69, 9.17) is 40.2 Å². The molecule has 0 atom stereocenters. The van der Waals surface area contributed by atoms with Crippen LogP contribution in [0.25, 0.3) is 0 Å². The molecule has 0 unspecified atom stereocenters. The molecule has 0 radical (unpaired) electrons. The summed E-state index contributed by atoms with van der Waals surface area (Å²) in [6.07, 6.45) is 3.76. The number of carbonyl (C=O) groups is 1. The standard InChI is InChI=1S/C20H21Cl2N3O2S/c1-27-18-16(21)11-13(12-17(18)22)19(26)24-20(28)23-14-5-7-15(8-6-14)25-9-3-2-4-10-25/h5-8,11-12H,2-4,9-10H2,1H3,(H2,23,24,26,28). The number of piperidine rings is 1. The van der Waals surface area contributed by atoms with Crippen molar-refractivity contribution in [3.05, 3.63) is 52.0 Å². The van der Waals surface area contributed by atoms with Gasteiger partial charge in [0.1, 0.15) is 0 Å². The summed E-state index contributed by atoms with van der Waals surface area (Å²) in [5, 5.41) is 6.35. The Balaban J connectivity index is 1.60. The maximum Gasteiger partial charge on any atom is 0.257 e. The molecule has 1 aliphatic rings. The molecule has 0 spiro atoms. The predicted octanol–water partition coefficient (Wildman–Crippen LogP) is 5.12. The highest BCUT2D eigenvalue weighted by Crippen LogP contribution is 2.33. The number of hydrogen-bond acceptors (Lipinski definition) is 4. The van der Waals surface area contributed by atoms with Gasteiger partial charge in [0.25, 0.3) is 5.91 Å². The van der Waals surface area contributed by atoms with Gasteiger partial charge in [-0.2, -0.15) is 0 Å². The topological polar surface area (TPSA) is 53.6 Å². The van der Waals surface area contributed by atoms with Gasteiger partial charge in [-0.3, -0.25) is 10.1 Å². The summed E-state index contributed by atoms with van der Waals surface area (Å²) in [7, 11) is 1.46. The summed E-state index contributed by atoms with van der Waals surface area (Å²) < 4.78 is 5.09. The van der Waals surface area contributed by atoms with Crippen LogP contribution in [0.4, 0.5) is 11.4 Å². The van der Waals surface area contributed by atoms with Crippen LogP contribution < -0.4 is 20.3 Å². The Morgan fingerprint density at radius 1 is 1.07 bits per heavy atom. The number of amides is 1. The number of halogens is 2. The number of nitrogens with zero attached hydrogens (tertiary/aromatic N) is 1. The second-order valence-electron chi connectivity index (χ2n) is 6.48. The van der Waals surface area contributed by atoms with Crippen molar-refractivity contribution in [3.63, 3.8) is 0 Å². The van der Waals surface area contributed by atoms with Crippen molar-refractivity contribution in [1.29, 1.82) is 0 Å². The number of nitrogens with one attached hydrogen (secondary N) is 2. The molecule has 8 heteroatoms. The van der Waals surface area contributed by atoms with Crippen molar-refractivity contribution in [2.45, 2.75) is 19.3 Å². The Labute approximate surface area is 180 Å². The fourth-order valence-corrected chi connectivity index (χ4v) is 3.98. The molecule has 5 nitrogen and oxygen atoms in total. The van der Waals surface area contributed by atoms with E-state index in [0.717, 1.165) is 18.8 Å². The van der Waals surface area contributed by atoms with E-state index in [1.807, 2.05) is 12.1 Å². The first kappa shape index (κ1) is 20.7. The van der Waals surface area contributed by atoms with E-state index in [-0.39, 0.29) is 15.2 Å². The first-order chi connectivity index (χ1) is 13.5. The fourth-order valence-electron chi connectivity index (χ4n) is 3.13. The fraction of sp³-hybridized carbons (Fsp3) is 0.300. The van der Waals surface area contributed by atoms with Crippen molar-refractivity contribution < 1.29 is 9.53 Å². The van der Waals surface area contributed by atoms with Crippen LogP contribution in [0, 0.1) is 0 Å². The Kier molecular flexibility index (Phi) is 6.99. The van der Waals surface area contributed by atoms with Crippen LogP contribution in [-0.2, 0) is 0 Å². The number of carbonyl (C=O) groups excluding carboxylic acids is 1. The number of anilines is 2. The Morgan fingerprint density at radius 3 is 2.25 bits per heavy atom. The number of benzene rings is 2. The maximum absolute atomic E-state index is 12.4. The molecule has 1 heterocycles. The van der Waals surface area contributed by atoms with E-state index in [1.165, 1.54) is 44.2 Å². The van der Waals surface area contributed by atoms with Crippen LogP contribution in [0.1, 0.15) is 29.6 Å². The highest BCUT2D eigenvalue weighted by molar-refractivity contribution is 7.80. The van der Waals surface area contributed by atoms with Gasteiger partial charge >= 0.3 is 0 Å². The molecule has 1 amide bonds. The third kappa shape index (κ3) is 5.07. The van der Waals surface area contributed by atoms with Crippen molar-refractivity contribution >= 4 is 57.8 Å². The minimum Gasteiger partial charge on any atom is -0.494 e. The zero-order valence-corrected chi connectivity index (χ0v) is 17.8. The largest absolute Gasteiger partial charge is 0.494 e. The van der Waals surface area contributed by atoms with Gasteiger partial charge in [-0.1, -0.05) is 23.2 Å². The maximum atomic E-state index is 12.4. The Bertz CT molecular complexity index is 845. The van der Waals surface area contributed by atoms with Crippen LogP contribution in [0.5, 0.6) is 5.75 Å². The quantitative estimate of drug-likeness (QED) is 0.650. The first-order valence-electron chi connectivity index (χ1n) is 8.98. The molecule has 1 fully saturated rings. The van der Waals surface area contributed by atoms with Crippen molar-refractivity contribution in [3.8, 4) is 5.75 Å². The van der Waals surface area contributed by atoms with E-state index >= 15 is 0 Å². The van der Waals surface area contributed by atoms with Gasteiger partial charge in [0.05, 0.1) is 17.2 Å². The van der Waals surface area contributed by atoms with Crippen molar-refractivity contribution in [1.82, 2.24) is 5.32 Å². The molecule has 2 N–H and O–H groups in total. The second-order valence-corrected chi connectivity index (χ2v) is 7.70. The summed E-state index contributed by atoms with van der Waals surface area (Å²) in [5.41, 5.74) is 2.29. The summed E-state index contributed by atoms with van der Waals surface area (Å²) >= 11 is 17.4. The van der Waals surface area contributed by atoms with Crippen LogP contribution in [0.15, 0.2) is 36.4 Å². The molecule has 28 heavy (non-hydrogen) atoms. The van der Waals surface area contributed by atoms with Crippen LogP contribution in [0.2, 0.25) is 10.0 Å². The van der Waals surface area contributed by atoms with Gasteiger partial charge in [-0.05, 0) is 67.9 Å². The van der Waals surface area contributed by atoms with Crippen LogP contribution in [0.3, 0.4) is 0 Å². The van der Waals surface area contributed by atoms with E-state index in [2.05, 4.69) is 27.7 Å². The molecular weight excluding hydrogens is 417 g/mol. The summed E-state index contributed by atoms with van der Waals surface area (Å²) in [5.74, 6) is -0.0803. The second kappa shape index (κ2) is 9.45. The monoisotopic (exact) mass is 437 g/mol. The van der Waals surface area contributed by atoms with Gasteiger partial charge in [0.15, 0.2) is 10.9 Å². The minimum atomic E-state index is -0.408. The summed E-state index contributed by atoms with van der Waals surface area (Å²) in [6, 6.07) is 11.0. The Hall–Kier alpha value is -2.02. The lowest BCUT2D eigenvalue weighted by atomic mass is 10.1. The van der Waals surface area contributed by atoms with Gasteiger partial charge < -0.3 is 15.0 Å². The van der Waals surface area contributed by atoms with Crippen LogP contribution >= 0.6 is 35.4 Å². The van der Waals surface area contributed by atoms with E-state index in [9.17, 15) is 4.79 Å². The molecule has 0 aliphatic carbocycles. The van der Waals surface area contributed by atoms with E-state index in [0.29, 0.717) is 11.3 Å². The third-order valence-electron chi connectivity index (χ3n) is 4.54. The molecule has 2 aromatic carbocycles. The predicted molar refractivity (Wildman–Crippen MR) is 119 cm³/mol. The van der Waals surface area contributed by atoms with Gasteiger partial charge in [0.2, 0.25) is 0 Å². The molecule has 1 aliphatic heterocycles. The smallest absolute Gasteiger partial charge is 0.257 e. The number of ether oxygens (including phenoxy) is 1. The molecule has 3 rings (SSSR count). The van der Waals surface area contributed by atoms with Crippen molar-refractivity contribution in [2.24, 2.45) is 0 Å². The van der Waals surface area contributed by atoms with Gasteiger partial charge in [-0.15, -0.1) is 0 Å². The lowest BCUT2D eigenvalue weighted by molar-refractivity contribution is 0.0977. The number of methoxy groups -OCH3 is 1. The normalized spacial score (nSPS) is 13.8. The summed E-state index contributed by atoms with van der Waals surface area (Å²) in [4.78, 5) is 14.8. The van der Waals surface area contributed by atoms with Gasteiger partial charge in [-0.25, -0.2) is 0 Å². The first-order valence-corrected chi connectivity index (χ1v) is 10.1. The number of thiocarbonyl (C=S) groups is 1. The lowest BCUT2D eigenvalue weighted by Gasteiger charge is -2.28.